The normalized spacial score (nSPS) is 11.2. The van der Waals surface area contributed by atoms with Gasteiger partial charge in [-0.1, -0.05) is 115 Å². The first-order chi connectivity index (χ1) is 15.1. The molecule has 0 amide bonds. The maximum atomic E-state index is 12.1. The molecule has 0 atom stereocenters. The fourth-order valence-electron chi connectivity index (χ4n) is 3.97. The van der Waals surface area contributed by atoms with Gasteiger partial charge in [0.15, 0.2) is 0 Å². The average molecular weight is 450 g/mol. The Labute approximate surface area is 196 Å². The van der Waals surface area contributed by atoms with Crippen LogP contribution in [0.15, 0.2) is 24.3 Å². The van der Waals surface area contributed by atoms with Crippen LogP contribution in [0.2, 0.25) is 0 Å². The quantitative estimate of drug-likeness (QED) is 0.113. The molecule has 1 aromatic carbocycles. The van der Waals surface area contributed by atoms with Gasteiger partial charge >= 0.3 is 5.97 Å². The largest absolute Gasteiger partial charge is 0.462 e. The van der Waals surface area contributed by atoms with Gasteiger partial charge in [-0.2, -0.15) is 0 Å². The van der Waals surface area contributed by atoms with Gasteiger partial charge in [0.1, 0.15) is 5.75 Å². The lowest BCUT2D eigenvalue weighted by molar-refractivity contribution is 0.0497. The third kappa shape index (κ3) is 16.3. The average Bonchev–Trinajstić information content (AvgIpc) is 2.76. The summed E-state index contributed by atoms with van der Waals surface area (Å²) in [4.78, 5) is 12.1. The zero-order chi connectivity index (χ0) is 22.6. The Balaban J connectivity index is 1.86. The van der Waals surface area contributed by atoms with Crippen molar-refractivity contribution in [2.24, 2.45) is 0 Å². The molecule has 0 unspecified atom stereocenters. The van der Waals surface area contributed by atoms with E-state index in [9.17, 15) is 4.79 Å². The second-order valence-corrected chi connectivity index (χ2v) is 11.5. The smallest absolute Gasteiger partial charge is 0.338 e. The van der Waals surface area contributed by atoms with Crippen molar-refractivity contribution in [3.05, 3.63) is 35.4 Å². The Hall–Kier alpha value is -0.960. The van der Waals surface area contributed by atoms with Crippen molar-refractivity contribution in [2.45, 2.75) is 115 Å². The van der Waals surface area contributed by atoms with E-state index in [1.54, 1.807) is 0 Å². The molecule has 0 aromatic heterocycles. The number of esters is 1. The Kier molecular flexibility index (Phi) is 17.8. The number of carbonyl (C=O) groups is 1. The first-order valence-electron chi connectivity index (χ1n) is 12.9. The molecule has 0 fully saturated rings. The van der Waals surface area contributed by atoms with Gasteiger partial charge in [0, 0.05) is 5.56 Å². The van der Waals surface area contributed by atoms with Crippen LogP contribution >= 0.6 is 0 Å². The molecule has 0 saturated carbocycles. The van der Waals surface area contributed by atoms with Crippen LogP contribution < -0.4 is 0 Å². The van der Waals surface area contributed by atoms with E-state index in [2.05, 4.69) is 31.6 Å². The maximum absolute atomic E-state index is 12.1. The molecule has 0 bridgehead atoms. The zero-order valence-corrected chi connectivity index (χ0v) is 21.6. The summed E-state index contributed by atoms with van der Waals surface area (Å²) in [7, 11) is 0.385. The van der Waals surface area contributed by atoms with Crippen LogP contribution in [0.4, 0.5) is 0 Å². The molecular weight excluding hydrogens is 400 g/mol. The molecule has 0 N–H and O–H groups in total. The molecule has 0 aliphatic rings. The van der Waals surface area contributed by atoms with Crippen molar-refractivity contribution in [1.82, 2.24) is 0 Å². The third-order valence-corrected chi connectivity index (χ3v) is 6.79. The first kappa shape index (κ1) is 28.1. The molecule has 3 heteroatoms. The van der Waals surface area contributed by atoms with Gasteiger partial charge in [-0.05, 0) is 29.4 Å². The molecule has 0 heterocycles. The first-order valence-corrected chi connectivity index (χ1v) is 15.1. The monoisotopic (exact) mass is 449 g/mol. The summed E-state index contributed by atoms with van der Waals surface area (Å²) < 4.78 is 5.43. The highest BCUT2D eigenvalue weighted by Crippen LogP contribution is 2.14. The van der Waals surface area contributed by atoms with Gasteiger partial charge < -0.3 is 4.74 Å². The SMILES string of the molecule is CCCCCCCCCCCCCCCCCCOC(=O)c1ccc(C[S+](C)C)cc1. The van der Waals surface area contributed by atoms with Crippen molar-refractivity contribution in [1.29, 1.82) is 0 Å². The molecule has 0 aliphatic heterocycles. The van der Waals surface area contributed by atoms with E-state index >= 15 is 0 Å². The third-order valence-electron chi connectivity index (χ3n) is 5.88. The number of hydrogen-bond acceptors (Lipinski definition) is 2. The second kappa shape index (κ2) is 19.7. The summed E-state index contributed by atoms with van der Waals surface area (Å²) in [5.41, 5.74) is 1.97. The lowest BCUT2D eigenvalue weighted by Crippen LogP contribution is -2.07. The highest BCUT2D eigenvalue weighted by Gasteiger charge is 2.09. The predicted molar refractivity (Wildman–Crippen MR) is 139 cm³/mol. The molecule has 178 valence electrons. The molecule has 0 saturated heterocycles. The van der Waals surface area contributed by atoms with Crippen molar-refractivity contribution in [3.8, 4) is 0 Å². The summed E-state index contributed by atoms with van der Waals surface area (Å²) in [6.45, 7) is 2.83. The summed E-state index contributed by atoms with van der Waals surface area (Å²) >= 11 is 0. The van der Waals surface area contributed by atoms with Crippen LogP contribution in [0, 0.1) is 0 Å². The minimum Gasteiger partial charge on any atom is -0.462 e. The Morgan fingerprint density at radius 2 is 1.10 bits per heavy atom. The van der Waals surface area contributed by atoms with Crippen LogP contribution in [0.25, 0.3) is 0 Å². The van der Waals surface area contributed by atoms with E-state index < -0.39 is 0 Å². The predicted octanol–water partition coefficient (Wildman–Crippen LogP) is 8.48. The van der Waals surface area contributed by atoms with Gasteiger partial charge in [-0.25, -0.2) is 4.79 Å². The number of ether oxygens (including phenoxy) is 1. The molecule has 31 heavy (non-hydrogen) atoms. The summed E-state index contributed by atoms with van der Waals surface area (Å²) in [5, 5.41) is 0. The van der Waals surface area contributed by atoms with Gasteiger partial charge in [-0.3, -0.25) is 0 Å². The van der Waals surface area contributed by atoms with Gasteiger partial charge in [0.2, 0.25) is 0 Å². The number of rotatable bonds is 20. The van der Waals surface area contributed by atoms with Gasteiger partial charge in [0.25, 0.3) is 0 Å². The standard InChI is InChI=1S/C28H49O2S/c1-4-5-6-7-8-9-10-11-12-13-14-15-16-17-18-19-24-30-28(29)27-22-20-26(21-23-27)25-31(2)3/h20-23H,4-19,24-25H2,1-3H3/q+1. The van der Waals surface area contributed by atoms with E-state index in [4.69, 9.17) is 4.74 Å². The molecule has 0 radical (unpaired) electrons. The van der Waals surface area contributed by atoms with E-state index in [-0.39, 0.29) is 5.97 Å². The van der Waals surface area contributed by atoms with Crippen LogP contribution in [-0.2, 0) is 21.4 Å². The van der Waals surface area contributed by atoms with Gasteiger partial charge in [0.05, 0.1) is 24.7 Å². The molecule has 1 aromatic rings. The topological polar surface area (TPSA) is 26.3 Å². The van der Waals surface area contributed by atoms with E-state index in [1.165, 1.54) is 102 Å². The number of benzene rings is 1. The Morgan fingerprint density at radius 1 is 0.677 bits per heavy atom. The minimum absolute atomic E-state index is 0.181. The highest BCUT2D eigenvalue weighted by molar-refractivity contribution is 7.94. The molecule has 0 spiro atoms. The summed E-state index contributed by atoms with van der Waals surface area (Å²) in [6, 6.07) is 7.91. The fraction of sp³-hybridized carbons (Fsp3) is 0.750. The highest BCUT2D eigenvalue weighted by atomic mass is 32.2. The van der Waals surface area contributed by atoms with Crippen LogP contribution in [0.5, 0.6) is 0 Å². The van der Waals surface area contributed by atoms with Crippen molar-refractivity contribution in [2.75, 3.05) is 19.1 Å². The second-order valence-electron chi connectivity index (χ2n) is 9.27. The Morgan fingerprint density at radius 3 is 1.52 bits per heavy atom. The number of hydrogen-bond donors (Lipinski definition) is 0. The van der Waals surface area contributed by atoms with Crippen molar-refractivity contribution in [3.63, 3.8) is 0 Å². The maximum Gasteiger partial charge on any atom is 0.338 e. The Bertz CT molecular complexity index is 538. The minimum atomic E-state index is -0.181. The lowest BCUT2D eigenvalue weighted by Gasteiger charge is -2.06. The summed E-state index contributed by atoms with van der Waals surface area (Å²) in [6.07, 6.45) is 26.2. The summed E-state index contributed by atoms with van der Waals surface area (Å²) in [5.74, 6) is 0.897. The fourth-order valence-corrected chi connectivity index (χ4v) is 4.83. The molecular formula is C28H49O2S+. The van der Waals surface area contributed by atoms with Crippen molar-refractivity contribution >= 4 is 16.9 Å². The number of unbranched alkanes of at least 4 members (excludes halogenated alkanes) is 15. The van der Waals surface area contributed by atoms with E-state index in [1.807, 2.05) is 12.1 Å². The van der Waals surface area contributed by atoms with E-state index in [0.717, 1.165) is 12.2 Å². The molecule has 2 nitrogen and oxygen atoms in total. The molecule has 1 rings (SSSR count). The zero-order valence-electron chi connectivity index (χ0n) is 20.8. The van der Waals surface area contributed by atoms with E-state index in [0.29, 0.717) is 23.1 Å². The number of carbonyl (C=O) groups excluding carboxylic acids is 1. The van der Waals surface area contributed by atoms with Crippen LogP contribution in [0.1, 0.15) is 126 Å². The van der Waals surface area contributed by atoms with Crippen LogP contribution in [-0.4, -0.2) is 25.1 Å². The van der Waals surface area contributed by atoms with Crippen molar-refractivity contribution < 1.29 is 9.53 Å². The molecule has 0 aliphatic carbocycles. The van der Waals surface area contributed by atoms with Gasteiger partial charge in [-0.15, -0.1) is 0 Å². The van der Waals surface area contributed by atoms with Crippen LogP contribution in [0.3, 0.4) is 0 Å². The lowest BCUT2D eigenvalue weighted by atomic mass is 10.0.